The van der Waals surface area contributed by atoms with E-state index in [1.54, 1.807) is 49.5 Å². The van der Waals surface area contributed by atoms with Gasteiger partial charge in [-0.25, -0.2) is 0 Å². The summed E-state index contributed by atoms with van der Waals surface area (Å²) in [5, 5.41) is 9.36. The van der Waals surface area contributed by atoms with Crippen molar-refractivity contribution in [1.29, 1.82) is 5.26 Å². The molecule has 2 rings (SSSR count). The van der Waals surface area contributed by atoms with Gasteiger partial charge in [0.2, 0.25) is 0 Å². The van der Waals surface area contributed by atoms with Gasteiger partial charge in [0.05, 0.1) is 22.9 Å². The molecule has 2 aromatic carbocycles. The Bertz CT molecular complexity index is 724. The number of carbonyl (C=O) groups is 1. The molecule has 106 valence electrons. The molecule has 0 unspecified atom stereocenters. The smallest absolute Gasteiger partial charge is 0.260 e. The summed E-state index contributed by atoms with van der Waals surface area (Å²) in [4.78, 5) is 14.0. The van der Waals surface area contributed by atoms with Crippen LogP contribution in [0.25, 0.3) is 0 Å². The van der Waals surface area contributed by atoms with Gasteiger partial charge in [0.25, 0.3) is 5.91 Å². The van der Waals surface area contributed by atoms with Crippen LogP contribution in [-0.4, -0.2) is 13.0 Å². The number of amides is 1. The van der Waals surface area contributed by atoms with Crippen molar-refractivity contribution >= 4 is 28.9 Å². The Morgan fingerprint density at radius 1 is 1.33 bits per heavy atom. The molecule has 3 N–H and O–H groups in total. The third kappa shape index (κ3) is 3.14. The number of nitrogens with one attached hydrogen (secondary N) is 1. The average Bonchev–Trinajstić information content (AvgIpc) is 2.53. The number of benzene rings is 2. The summed E-state index contributed by atoms with van der Waals surface area (Å²) >= 11 is 5.93. The average molecular weight is 301 g/mol. The number of hydrogen-bond donors (Lipinski definition) is 2. The largest absolute Gasteiger partial charge is 0.323 e. The molecule has 0 radical (unpaired) electrons. The topological polar surface area (TPSA) is 82.2 Å². The van der Waals surface area contributed by atoms with Crippen LogP contribution in [0.15, 0.2) is 42.5 Å². The van der Waals surface area contributed by atoms with Crippen LogP contribution in [0.3, 0.4) is 0 Å². The van der Waals surface area contributed by atoms with Crippen LogP contribution in [-0.2, 0) is 0 Å². The highest BCUT2D eigenvalue weighted by molar-refractivity contribution is 6.31. The Morgan fingerprint density at radius 3 is 2.76 bits per heavy atom. The van der Waals surface area contributed by atoms with E-state index in [0.717, 1.165) is 0 Å². The third-order valence-electron chi connectivity index (χ3n) is 3.03. The van der Waals surface area contributed by atoms with Gasteiger partial charge in [-0.1, -0.05) is 17.7 Å². The zero-order valence-electron chi connectivity index (χ0n) is 11.3. The van der Waals surface area contributed by atoms with E-state index < -0.39 is 0 Å². The number of hydrazine groups is 1. The van der Waals surface area contributed by atoms with Crippen molar-refractivity contribution in [1.82, 2.24) is 0 Å². The van der Waals surface area contributed by atoms with E-state index in [9.17, 15) is 4.79 Å². The Morgan fingerprint density at radius 2 is 2.10 bits per heavy atom. The lowest BCUT2D eigenvalue weighted by Crippen LogP contribution is -2.27. The van der Waals surface area contributed by atoms with Gasteiger partial charge < -0.3 is 10.3 Å². The number of nitrogen functional groups attached to an aromatic ring is 1. The van der Waals surface area contributed by atoms with E-state index in [0.29, 0.717) is 27.5 Å². The molecule has 21 heavy (non-hydrogen) atoms. The van der Waals surface area contributed by atoms with Crippen molar-refractivity contribution in [2.24, 2.45) is 5.84 Å². The van der Waals surface area contributed by atoms with E-state index in [-0.39, 0.29) is 5.91 Å². The molecule has 0 aromatic heterocycles. The molecule has 0 bridgehead atoms. The van der Waals surface area contributed by atoms with Gasteiger partial charge in [-0.3, -0.25) is 10.6 Å². The van der Waals surface area contributed by atoms with Gasteiger partial charge >= 0.3 is 0 Å². The van der Waals surface area contributed by atoms with Gasteiger partial charge in [-0.15, -0.1) is 0 Å². The lowest BCUT2D eigenvalue weighted by molar-refractivity contribution is 0.0993. The maximum Gasteiger partial charge on any atom is 0.260 e. The van der Waals surface area contributed by atoms with Crippen LogP contribution >= 0.6 is 11.6 Å². The van der Waals surface area contributed by atoms with E-state index in [1.807, 2.05) is 6.07 Å². The summed E-state index contributed by atoms with van der Waals surface area (Å²) in [6.45, 7) is 0. The van der Waals surface area contributed by atoms with Crippen LogP contribution in [0.1, 0.15) is 15.9 Å². The molecule has 0 heterocycles. The highest BCUT2D eigenvalue weighted by Crippen LogP contribution is 2.24. The number of hydrogen-bond acceptors (Lipinski definition) is 4. The first kappa shape index (κ1) is 14.9. The number of nitriles is 1. The monoisotopic (exact) mass is 300 g/mol. The van der Waals surface area contributed by atoms with Crippen molar-refractivity contribution in [3.63, 3.8) is 0 Å². The van der Waals surface area contributed by atoms with Gasteiger partial charge in [0, 0.05) is 17.8 Å². The second kappa shape index (κ2) is 6.27. The quantitative estimate of drug-likeness (QED) is 0.674. The number of nitrogens with zero attached hydrogens (tertiary/aromatic N) is 2. The first-order valence-electron chi connectivity index (χ1n) is 6.11. The lowest BCUT2D eigenvalue weighted by atomic mass is 10.1. The highest BCUT2D eigenvalue weighted by Gasteiger charge is 2.17. The van der Waals surface area contributed by atoms with Gasteiger partial charge in [0.15, 0.2) is 0 Å². The molecule has 6 heteroatoms. The molecule has 1 amide bonds. The SMILES string of the molecule is CN(C(=O)c1cc(Cl)ccc1NN)c1cccc(C#N)c1. The fourth-order valence-electron chi connectivity index (χ4n) is 1.90. The van der Waals surface area contributed by atoms with Crippen LogP contribution in [0, 0.1) is 11.3 Å². The molecular formula is C15H13ClN4O. The molecule has 5 nitrogen and oxygen atoms in total. The summed E-state index contributed by atoms with van der Waals surface area (Å²) in [7, 11) is 1.63. The second-order valence-electron chi connectivity index (χ2n) is 4.36. The zero-order chi connectivity index (χ0) is 15.4. The Kier molecular flexibility index (Phi) is 4.43. The fourth-order valence-corrected chi connectivity index (χ4v) is 2.07. The molecule has 2 aromatic rings. The summed E-state index contributed by atoms with van der Waals surface area (Å²) in [6, 6.07) is 13.6. The molecular weight excluding hydrogens is 288 g/mol. The molecule has 0 aliphatic heterocycles. The third-order valence-corrected chi connectivity index (χ3v) is 3.27. The van der Waals surface area contributed by atoms with Crippen molar-refractivity contribution in [3.05, 3.63) is 58.6 Å². The molecule has 0 saturated heterocycles. The van der Waals surface area contributed by atoms with Crippen molar-refractivity contribution in [2.75, 3.05) is 17.4 Å². The normalized spacial score (nSPS) is 9.81. The molecule has 0 spiro atoms. The van der Waals surface area contributed by atoms with Gasteiger partial charge in [0.1, 0.15) is 0 Å². The molecule has 0 atom stereocenters. The number of carbonyl (C=O) groups excluding carboxylic acids is 1. The van der Waals surface area contributed by atoms with Crippen LogP contribution < -0.4 is 16.2 Å². The number of nitrogens with two attached hydrogens (primary N) is 1. The lowest BCUT2D eigenvalue weighted by Gasteiger charge is -2.19. The van der Waals surface area contributed by atoms with E-state index >= 15 is 0 Å². The predicted molar refractivity (Wildman–Crippen MR) is 83.2 cm³/mol. The van der Waals surface area contributed by atoms with Gasteiger partial charge in [-0.2, -0.15) is 5.26 Å². The highest BCUT2D eigenvalue weighted by atomic mass is 35.5. The first-order chi connectivity index (χ1) is 10.1. The van der Waals surface area contributed by atoms with E-state index in [2.05, 4.69) is 5.43 Å². The fraction of sp³-hybridized carbons (Fsp3) is 0.0667. The number of anilines is 2. The van der Waals surface area contributed by atoms with Crippen LogP contribution in [0.5, 0.6) is 0 Å². The number of halogens is 1. The molecule has 0 aliphatic rings. The van der Waals surface area contributed by atoms with E-state index in [4.69, 9.17) is 22.7 Å². The zero-order valence-corrected chi connectivity index (χ0v) is 12.1. The maximum absolute atomic E-state index is 12.6. The molecule has 0 aliphatic carbocycles. The summed E-state index contributed by atoms with van der Waals surface area (Å²) < 4.78 is 0. The number of rotatable bonds is 3. The van der Waals surface area contributed by atoms with E-state index in [1.165, 1.54) is 4.90 Å². The minimum Gasteiger partial charge on any atom is -0.323 e. The van der Waals surface area contributed by atoms with Crippen molar-refractivity contribution < 1.29 is 4.79 Å². The Hall–Kier alpha value is -2.55. The Balaban J connectivity index is 2.39. The summed E-state index contributed by atoms with van der Waals surface area (Å²) in [6.07, 6.45) is 0. The minimum absolute atomic E-state index is 0.277. The van der Waals surface area contributed by atoms with Gasteiger partial charge in [-0.05, 0) is 36.4 Å². The van der Waals surface area contributed by atoms with Crippen molar-refractivity contribution in [2.45, 2.75) is 0 Å². The van der Waals surface area contributed by atoms with Crippen LogP contribution in [0.2, 0.25) is 5.02 Å². The summed E-state index contributed by atoms with van der Waals surface area (Å²) in [5.41, 5.74) is 4.40. The minimum atomic E-state index is -0.277. The first-order valence-corrected chi connectivity index (χ1v) is 6.49. The van der Waals surface area contributed by atoms with Crippen LogP contribution in [0.4, 0.5) is 11.4 Å². The molecule has 0 saturated carbocycles. The second-order valence-corrected chi connectivity index (χ2v) is 4.80. The maximum atomic E-state index is 12.6. The summed E-state index contributed by atoms with van der Waals surface area (Å²) in [5.74, 6) is 5.14. The standard InChI is InChI=1S/C15H13ClN4O/c1-20(12-4-2-3-10(7-12)9-17)15(21)13-8-11(16)5-6-14(13)19-18/h2-8,19H,18H2,1H3. The Labute approximate surface area is 127 Å². The predicted octanol–water partition coefficient (Wildman–Crippen LogP) is 2.77. The van der Waals surface area contributed by atoms with Crippen molar-refractivity contribution in [3.8, 4) is 6.07 Å². The molecule has 0 fully saturated rings.